The van der Waals surface area contributed by atoms with Crippen LogP contribution in [0.5, 0.6) is 0 Å². The number of carbonyl (C=O) groups is 1. The highest BCUT2D eigenvalue weighted by molar-refractivity contribution is 7.14. The van der Waals surface area contributed by atoms with Crippen LogP contribution < -0.4 is 5.32 Å². The molecule has 0 bridgehead atoms. The number of rotatable bonds is 5. The SMILES string of the molecule is CNCCCC(=O)c1sc(C)cc1F. The third-order valence-electron chi connectivity index (χ3n) is 1.89. The average Bonchev–Trinajstić information content (AvgIpc) is 2.45. The summed E-state index contributed by atoms with van der Waals surface area (Å²) in [5.74, 6) is -0.460. The molecule has 1 heterocycles. The maximum absolute atomic E-state index is 13.1. The molecule has 0 amide bonds. The van der Waals surface area contributed by atoms with Gasteiger partial charge in [-0.3, -0.25) is 4.79 Å². The van der Waals surface area contributed by atoms with Crippen LogP contribution in [-0.2, 0) is 0 Å². The standard InChI is InChI=1S/C10H14FNOS/c1-7-6-8(11)10(14-7)9(13)4-3-5-12-2/h6,12H,3-5H2,1-2H3. The van der Waals surface area contributed by atoms with Gasteiger partial charge in [0.2, 0.25) is 0 Å². The third kappa shape index (κ3) is 2.89. The van der Waals surface area contributed by atoms with Crippen molar-refractivity contribution in [2.24, 2.45) is 0 Å². The summed E-state index contributed by atoms with van der Waals surface area (Å²) in [7, 11) is 1.83. The number of hydrogen-bond acceptors (Lipinski definition) is 3. The first-order chi connectivity index (χ1) is 6.65. The van der Waals surface area contributed by atoms with E-state index in [4.69, 9.17) is 0 Å². The zero-order valence-corrected chi connectivity index (χ0v) is 9.21. The second-order valence-corrected chi connectivity index (χ2v) is 4.42. The van der Waals surface area contributed by atoms with E-state index in [1.54, 1.807) is 6.92 Å². The number of hydrogen-bond donors (Lipinski definition) is 1. The highest BCUT2D eigenvalue weighted by atomic mass is 32.1. The molecule has 0 spiro atoms. The Morgan fingerprint density at radius 1 is 1.64 bits per heavy atom. The first-order valence-electron chi connectivity index (χ1n) is 4.59. The van der Waals surface area contributed by atoms with Crippen molar-refractivity contribution >= 4 is 17.1 Å². The van der Waals surface area contributed by atoms with Gasteiger partial charge in [0.25, 0.3) is 0 Å². The first-order valence-corrected chi connectivity index (χ1v) is 5.40. The molecular weight excluding hydrogens is 201 g/mol. The highest BCUT2D eigenvalue weighted by Crippen LogP contribution is 2.21. The van der Waals surface area contributed by atoms with Crippen LogP contribution in [0.2, 0.25) is 0 Å². The zero-order valence-electron chi connectivity index (χ0n) is 8.39. The van der Waals surface area contributed by atoms with Gasteiger partial charge in [0.15, 0.2) is 5.78 Å². The topological polar surface area (TPSA) is 29.1 Å². The zero-order chi connectivity index (χ0) is 10.6. The highest BCUT2D eigenvalue weighted by Gasteiger charge is 2.14. The van der Waals surface area contributed by atoms with E-state index in [-0.39, 0.29) is 16.5 Å². The number of carbonyl (C=O) groups excluding carboxylic acids is 1. The van der Waals surface area contributed by atoms with Gasteiger partial charge in [0.05, 0.1) is 0 Å². The second kappa shape index (κ2) is 5.22. The molecule has 0 fully saturated rings. The molecule has 1 rings (SSSR count). The van der Waals surface area contributed by atoms with Crippen molar-refractivity contribution in [3.05, 3.63) is 21.6 Å². The summed E-state index contributed by atoms with van der Waals surface area (Å²) >= 11 is 1.24. The molecule has 1 aromatic rings. The molecule has 14 heavy (non-hydrogen) atoms. The lowest BCUT2D eigenvalue weighted by Crippen LogP contribution is -2.09. The lowest BCUT2D eigenvalue weighted by Gasteiger charge is -1.97. The Morgan fingerprint density at radius 3 is 2.86 bits per heavy atom. The molecular formula is C10H14FNOS. The van der Waals surface area contributed by atoms with Gasteiger partial charge in [-0.25, -0.2) is 4.39 Å². The summed E-state index contributed by atoms with van der Waals surface area (Å²) in [6.07, 6.45) is 1.17. The Kier molecular flexibility index (Phi) is 4.22. The summed E-state index contributed by atoms with van der Waals surface area (Å²) in [6, 6.07) is 1.41. The van der Waals surface area contributed by atoms with Crippen molar-refractivity contribution in [2.75, 3.05) is 13.6 Å². The van der Waals surface area contributed by atoms with Gasteiger partial charge in [-0.15, -0.1) is 11.3 Å². The maximum Gasteiger partial charge on any atom is 0.175 e. The average molecular weight is 215 g/mol. The number of ketones is 1. The minimum absolute atomic E-state index is 0.0872. The first kappa shape index (κ1) is 11.3. The summed E-state index contributed by atoms with van der Waals surface area (Å²) in [5.41, 5.74) is 0. The van der Waals surface area contributed by atoms with Crippen LogP contribution in [0.15, 0.2) is 6.07 Å². The van der Waals surface area contributed by atoms with Crippen molar-refractivity contribution in [2.45, 2.75) is 19.8 Å². The van der Waals surface area contributed by atoms with Crippen LogP contribution >= 0.6 is 11.3 Å². The van der Waals surface area contributed by atoms with Crippen LogP contribution in [0, 0.1) is 12.7 Å². The van der Waals surface area contributed by atoms with Crippen LogP contribution in [0.1, 0.15) is 27.4 Å². The monoisotopic (exact) mass is 215 g/mol. The number of thiophene rings is 1. The molecule has 0 aliphatic carbocycles. The maximum atomic E-state index is 13.1. The van der Waals surface area contributed by atoms with Crippen molar-refractivity contribution in [1.29, 1.82) is 0 Å². The molecule has 0 unspecified atom stereocenters. The Bertz CT molecular complexity index is 322. The van der Waals surface area contributed by atoms with Crippen molar-refractivity contribution in [3.63, 3.8) is 0 Å². The fourth-order valence-electron chi connectivity index (χ4n) is 1.21. The normalized spacial score (nSPS) is 10.5. The van der Waals surface area contributed by atoms with Crippen LogP contribution in [0.3, 0.4) is 0 Å². The molecule has 0 saturated heterocycles. The molecule has 0 aliphatic rings. The fraction of sp³-hybridized carbons (Fsp3) is 0.500. The van der Waals surface area contributed by atoms with E-state index < -0.39 is 0 Å². The van der Waals surface area contributed by atoms with Gasteiger partial charge in [0, 0.05) is 11.3 Å². The summed E-state index contributed by atoms with van der Waals surface area (Å²) in [6.45, 7) is 2.59. The Morgan fingerprint density at radius 2 is 2.36 bits per heavy atom. The lowest BCUT2D eigenvalue weighted by molar-refractivity contribution is 0.0980. The minimum Gasteiger partial charge on any atom is -0.320 e. The van der Waals surface area contributed by atoms with Crippen molar-refractivity contribution < 1.29 is 9.18 Å². The predicted molar refractivity (Wildman–Crippen MR) is 56.5 cm³/mol. The van der Waals surface area contributed by atoms with Gasteiger partial charge in [-0.1, -0.05) is 0 Å². The number of Topliss-reactive ketones (excluding diaryl/α,β-unsaturated/α-hetero) is 1. The third-order valence-corrected chi connectivity index (χ3v) is 2.96. The van der Waals surface area contributed by atoms with E-state index >= 15 is 0 Å². The second-order valence-electron chi connectivity index (χ2n) is 3.16. The number of halogens is 1. The van der Waals surface area contributed by atoms with Gasteiger partial charge in [-0.05, 0) is 33.0 Å². The van der Waals surface area contributed by atoms with Gasteiger partial charge in [0.1, 0.15) is 10.7 Å². The van der Waals surface area contributed by atoms with Crippen molar-refractivity contribution in [3.8, 4) is 0 Å². The summed E-state index contributed by atoms with van der Waals surface area (Å²) < 4.78 is 13.1. The molecule has 0 atom stereocenters. The molecule has 0 saturated carbocycles. The van der Waals surface area contributed by atoms with Crippen molar-refractivity contribution in [1.82, 2.24) is 5.32 Å². The van der Waals surface area contributed by atoms with Crippen LogP contribution in [-0.4, -0.2) is 19.4 Å². The van der Waals surface area contributed by atoms with Crippen LogP contribution in [0.25, 0.3) is 0 Å². The molecule has 0 aliphatic heterocycles. The largest absolute Gasteiger partial charge is 0.320 e. The quantitative estimate of drug-likeness (QED) is 0.603. The smallest absolute Gasteiger partial charge is 0.175 e. The molecule has 4 heteroatoms. The van der Waals surface area contributed by atoms with E-state index in [1.807, 2.05) is 7.05 Å². The Balaban J connectivity index is 2.56. The molecule has 0 radical (unpaired) electrons. The Labute approximate surface area is 87.1 Å². The molecule has 1 aromatic heterocycles. The minimum atomic E-state index is -0.373. The van der Waals surface area contributed by atoms with Gasteiger partial charge < -0.3 is 5.32 Å². The molecule has 2 nitrogen and oxygen atoms in total. The fourth-order valence-corrected chi connectivity index (χ4v) is 2.07. The molecule has 78 valence electrons. The number of nitrogens with one attached hydrogen (secondary N) is 1. The molecule has 1 N–H and O–H groups in total. The lowest BCUT2D eigenvalue weighted by atomic mass is 10.2. The van der Waals surface area contributed by atoms with E-state index in [0.29, 0.717) is 6.42 Å². The molecule has 0 aromatic carbocycles. The number of aryl methyl sites for hydroxylation is 1. The van der Waals surface area contributed by atoms with E-state index in [0.717, 1.165) is 17.8 Å². The van der Waals surface area contributed by atoms with Gasteiger partial charge in [-0.2, -0.15) is 0 Å². The summed E-state index contributed by atoms with van der Waals surface area (Å²) in [4.78, 5) is 12.6. The van der Waals surface area contributed by atoms with E-state index in [1.165, 1.54) is 17.4 Å². The summed E-state index contributed by atoms with van der Waals surface area (Å²) in [5, 5.41) is 2.95. The van der Waals surface area contributed by atoms with E-state index in [2.05, 4.69) is 5.32 Å². The Hall–Kier alpha value is -0.740. The van der Waals surface area contributed by atoms with E-state index in [9.17, 15) is 9.18 Å². The van der Waals surface area contributed by atoms with Gasteiger partial charge >= 0.3 is 0 Å². The van der Waals surface area contributed by atoms with Crippen LogP contribution in [0.4, 0.5) is 4.39 Å². The predicted octanol–water partition coefficient (Wildman–Crippen LogP) is 2.38.